The van der Waals surface area contributed by atoms with Crippen LogP contribution in [0.25, 0.3) is 0 Å². The van der Waals surface area contributed by atoms with Gasteiger partial charge < -0.3 is 14.0 Å². The summed E-state index contributed by atoms with van der Waals surface area (Å²) in [6.45, 7) is 6.74. The van der Waals surface area contributed by atoms with Crippen LogP contribution in [0.3, 0.4) is 0 Å². The summed E-state index contributed by atoms with van der Waals surface area (Å²) >= 11 is 0. The molecule has 0 aromatic carbocycles. The zero-order valence-corrected chi connectivity index (χ0v) is 11.7. The van der Waals surface area contributed by atoms with E-state index >= 15 is 0 Å². The fourth-order valence-corrected chi connectivity index (χ4v) is 2.36. The smallest absolute Gasteiger partial charge is 0.339 e. The van der Waals surface area contributed by atoms with Gasteiger partial charge in [-0.3, -0.25) is 4.90 Å². The number of rotatable bonds is 5. The third kappa shape index (κ3) is 3.58. The highest BCUT2D eigenvalue weighted by Gasteiger charge is 2.17. The van der Waals surface area contributed by atoms with Crippen LogP contribution in [0.2, 0.25) is 0 Å². The average molecular weight is 266 g/mol. The Morgan fingerprint density at radius 1 is 1.42 bits per heavy atom. The van der Waals surface area contributed by atoms with Crippen molar-refractivity contribution in [3.63, 3.8) is 0 Å². The molecule has 19 heavy (non-hydrogen) atoms. The maximum atomic E-state index is 11.9. The van der Waals surface area contributed by atoms with Crippen molar-refractivity contribution in [1.82, 2.24) is 9.47 Å². The monoisotopic (exact) mass is 266 g/mol. The van der Waals surface area contributed by atoms with Crippen LogP contribution in [0.15, 0.2) is 12.3 Å². The molecular weight excluding hydrogens is 244 g/mol. The zero-order chi connectivity index (χ0) is 13.7. The van der Waals surface area contributed by atoms with E-state index in [0.29, 0.717) is 12.2 Å². The first-order chi connectivity index (χ1) is 9.22. The molecule has 0 radical (unpaired) electrons. The molecule has 1 aromatic heterocycles. The van der Waals surface area contributed by atoms with E-state index in [-0.39, 0.29) is 5.97 Å². The molecule has 106 valence electrons. The number of hydrogen-bond donors (Lipinski definition) is 0. The molecule has 0 unspecified atom stereocenters. The van der Waals surface area contributed by atoms with Gasteiger partial charge in [-0.25, -0.2) is 4.79 Å². The summed E-state index contributed by atoms with van der Waals surface area (Å²) in [6.07, 6.45) is 2.78. The zero-order valence-electron chi connectivity index (χ0n) is 11.7. The van der Waals surface area contributed by atoms with Crippen LogP contribution >= 0.6 is 0 Å². The van der Waals surface area contributed by atoms with Crippen molar-refractivity contribution in [1.29, 1.82) is 0 Å². The molecule has 2 heterocycles. The third-order valence-corrected chi connectivity index (χ3v) is 3.47. The second-order valence-electron chi connectivity index (χ2n) is 4.71. The van der Waals surface area contributed by atoms with Crippen LogP contribution in [0, 0.1) is 0 Å². The number of esters is 1. The summed E-state index contributed by atoms with van der Waals surface area (Å²) in [7, 11) is 1.97. The molecule has 1 aromatic rings. The van der Waals surface area contributed by atoms with Gasteiger partial charge in [0, 0.05) is 45.0 Å². The minimum absolute atomic E-state index is 0.222. The first-order valence-corrected chi connectivity index (χ1v) is 6.83. The number of ether oxygens (including phenoxy) is 2. The van der Waals surface area contributed by atoms with E-state index in [1.807, 2.05) is 30.8 Å². The van der Waals surface area contributed by atoms with Gasteiger partial charge in [-0.1, -0.05) is 0 Å². The second-order valence-corrected chi connectivity index (χ2v) is 4.71. The molecule has 0 saturated carbocycles. The number of morpholine rings is 1. The van der Waals surface area contributed by atoms with Crippen molar-refractivity contribution < 1.29 is 14.3 Å². The molecule has 0 aliphatic carbocycles. The molecule has 0 spiro atoms. The number of carbonyl (C=O) groups is 1. The van der Waals surface area contributed by atoms with Crippen LogP contribution in [0.1, 0.15) is 23.0 Å². The van der Waals surface area contributed by atoms with E-state index in [9.17, 15) is 4.79 Å². The average Bonchev–Trinajstić information content (AvgIpc) is 2.79. The first kappa shape index (κ1) is 14.1. The maximum absolute atomic E-state index is 11.9. The molecule has 0 bridgehead atoms. The first-order valence-electron chi connectivity index (χ1n) is 6.83. The van der Waals surface area contributed by atoms with Crippen molar-refractivity contribution in [2.75, 3.05) is 39.5 Å². The Morgan fingerprint density at radius 2 is 2.16 bits per heavy atom. The lowest BCUT2D eigenvalue weighted by Crippen LogP contribution is -2.37. The van der Waals surface area contributed by atoms with Crippen molar-refractivity contribution in [3.05, 3.63) is 23.5 Å². The van der Waals surface area contributed by atoms with E-state index in [1.165, 1.54) is 0 Å². The molecular formula is C14H22N2O3. The summed E-state index contributed by atoms with van der Waals surface area (Å²) in [5.41, 5.74) is 1.74. The lowest BCUT2D eigenvalue weighted by atomic mass is 10.2. The Morgan fingerprint density at radius 3 is 2.84 bits per heavy atom. The van der Waals surface area contributed by atoms with Gasteiger partial charge in [0.05, 0.1) is 25.4 Å². The number of hydrogen-bond acceptors (Lipinski definition) is 4. The van der Waals surface area contributed by atoms with Crippen LogP contribution < -0.4 is 0 Å². The van der Waals surface area contributed by atoms with Crippen molar-refractivity contribution in [2.45, 2.75) is 13.3 Å². The Balaban J connectivity index is 1.98. The van der Waals surface area contributed by atoms with Crippen LogP contribution in [0.5, 0.6) is 0 Å². The fourth-order valence-electron chi connectivity index (χ4n) is 2.36. The van der Waals surface area contributed by atoms with E-state index in [4.69, 9.17) is 9.47 Å². The highest BCUT2D eigenvalue weighted by atomic mass is 16.5. The highest BCUT2D eigenvalue weighted by Crippen LogP contribution is 2.13. The van der Waals surface area contributed by atoms with Gasteiger partial charge in [-0.05, 0) is 13.0 Å². The van der Waals surface area contributed by atoms with Gasteiger partial charge in [0.2, 0.25) is 0 Å². The van der Waals surface area contributed by atoms with E-state index in [0.717, 1.165) is 45.0 Å². The van der Waals surface area contributed by atoms with Crippen molar-refractivity contribution in [3.8, 4) is 0 Å². The van der Waals surface area contributed by atoms with E-state index in [2.05, 4.69) is 4.90 Å². The summed E-state index contributed by atoms with van der Waals surface area (Å²) in [6, 6.07) is 1.84. The van der Waals surface area contributed by atoms with Crippen molar-refractivity contribution >= 4 is 5.97 Å². The SMILES string of the molecule is CCOC(=O)c1ccn(C)c1CCN1CCOCC1. The van der Waals surface area contributed by atoms with Gasteiger partial charge in [0.15, 0.2) is 0 Å². The standard InChI is InChI=1S/C14H22N2O3/c1-3-19-14(17)12-4-6-15(2)13(12)5-7-16-8-10-18-11-9-16/h4,6H,3,5,7-11H2,1-2H3. The Bertz CT molecular complexity index is 422. The minimum atomic E-state index is -0.222. The van der Waals surface area contributed by atoms with Crippen LogP contribution in [0.4, 0.5) is 0 Å². The Labute approximate surface area is 114 Å². The molecule has 0 N–H and O–H groups in total. The van der Waals surface area contributed by atoms with Gasteiger partial charge in [-0.15, -0.1) is 0 Å². The number of aromatic nitrogens is 1. The fraction of sp³-hybridized carbons (Fsp3) is 0.643. The highest BCUT2D eigenvalue weighted by molar-refractivity contribution is 5.90. The molecule has 1 aliphatic rings. The molecule has 2 rings (SSSR count). The molecule has 5 nitrogen and oxygen atoms in total. The van der Waals surface area contributed by atoms with Crippen LogP contribution in [-0.4, -0.2) is 54.9 Å². The van der Waals surface area contributed by atoms with E-state index < -0.39 is 0 Å². The topological polar surface area (TPSA) is 43.7 Å². The third-order valence-electron chi connectivity index (χ3n) is 3.47. The molecule has 1 saturated heterocycles. The molecule has 0 atom stereocenters. The summed E-state index contributed by atoms with van der Waals surface area (Å²) in [5, 5.41) is 0. The molecule has 1 fully saturated rings. The predicted octanol–water partition coefficient (Wildman–Crippen LogP) is 1.08. The van der Waals surface area contributed by atoms with Crippen molar-refractivity contribution in [2.24, 2.45) is 7.05 Å². The normalized spacial score (nSPS) is 16.5. The molecule has 0 amide bonds. The van der Waals surface area contributed by atoms with Gasteiger partial charge >= 0.3 is 5.97 Å². The van der Waals surface area contributed by atoms with Crippen LogP contribution in [-0.2, 0) is 22.9 Å². The number of aryl methyl sites for hydroxylation is 1. The second kappa shape index (κ2) is 6.73. The molecule has 5 heteroatoms. The van der Waals surface area contributed by atoms with Gasteiger partial charge in [-0.2, -0.15) is 0 Å². The minimum Gasteiger partial charge on any atom is -0.462 e. The van der Waals surface area contributed by atoms with Gasteiger partial charge in [0.1, 0.15) is 0 Å². The summed E-state index contributed by atoms with van der Waals surface area (Å²) in [5.74, 6) is -0.222. The predicted molar refractivity (Wildman–Crippen MR) is 72.3 cm³/mol. The van der Waals surface area contributed by atoms with Gasteiger partial charge in [0.25, 0.3) is 0 Å². The lowest BCUT2D eigenvalue weighted by molar-refractivity contribution is 0.0380. The Hall–Kier alpha value is -1.33. The Kier molecular flexibility index (Phi) is 4.99. The largest absolute Gasteiger partial charge is 0.462 e. The van der Waals surface area contributed by atoms with E-state index in [1.54, 1.807) is 0 Å². The number of nitrogens with zero attached hydrogens (tertiary/aromatic N) is 2. The molecule has 1 aliphatic heterocycles. The summed E-state index contributed by atoms with van der Waals surface area (Å²) < 4.78 is 12.4. The maximum Gasteiger partial charge on any atom is 0.339 e. The lowest BCUT2D eigenvalue weighted by Gasteiger charge is -2.26. The number of carbonyl (C=O) groups excluding carboxylic acids is 1. The summed E-state index contributed by atoms with van der Waals surface area (Å²) in [4.78, 5) is 14.2. The quantitative estimate of drug-likeness (QED) is 0.748.